The third-order valence-corrected chi connectivity index (χ3v) is 4.83. The molecule has 0 saturated carbocycles. The molecule has 0 atom stereocenters. The number of fused-ring (bicyclic) bond motifs is 1. The van der Waals surface area contributed by atoms with Crippen LogP contribution in [0, 0.1) is 19.7 Å². The first-order chi connectivity index (χ1) is 15.8. The first-order valence-electron chi connectivity index (χ1n) is 10.1. The number of amides is 2. The molecule has 9 nitrogen and oxygen atoms in total. The van der Waals surface area contributed by atoms with Crippen molar-refractivity contribution < 1.29 is 18.7 Å². The van der Waals surface area contributed by atoms with Crippen molar-refractivity contribution >= 4 is 34.2 Å². The molecule has 0 aliphatic carbocycles. The number of halogens is 1. The maximum Gasteiger partial charge on any atom is 0.274 e. The summed E-state index contributed by atoms with van der Waals surface area (Å²) >= 11 is 0. The first kappa shape index (κ1) is 21.9. The second kappa shape index (κ2) is 9.03. The van der Waals surface area contributed by atoms with Gasteiger partial charge in [-0.1, -0.05) is 6.07 Å². The van der Waals surface area contributed by atoms with Crippen LogP contribution in [0.1, 0.15) is 21.7 Å². The molecular formula is C23H21FN6O3. The van der Waals surface area contributed by atoms with Gasteiger partial charge in [-0.25, -0.2) is 14.1 Å². The molecule has 3 heterocycles. The molecule has 0 saturated heterocycles. The van der Waals surface area contributed by atoms with Crippen LogP contribution in [0.5, 0.6) is 5.88 Å². The fourth-order valence-corrected chi connectivity index (χ4v) is 3.38. The normalized spacial score (nSPS) is 10.8. The number of rotatable bonds is 6. The van der Waals surface area contributed by atoms with E-state index in [4.69, 9.17) is 4.74 Å². The number of ether oxygens (including phenoxy) is 1. The largest absolute Gasteiger partial charge is 0.466 e. The van der Waals surface area contributed by atoms with Gasteiger partial charge in [0.1, 0.15) is 11.5 Å². The maximum atomic E-state index is 13.8. The lowest BCUT2D eigenvalue weighted by Crippen LogP contribution is -2.22. The fourth-order valence-electron chi connectivity index (χ4n) is 3.38. The van der Waals surface area contributed by atoms with E-state index < -0.39 is 17.6 Å². The van der Waals surface area contributed by atoms with Crippen LogP contribution in [0.3, 0.4) is 0 Å². The van der Waals surface area contributed by atoms with Crippen LogP contribution in [0.2, 0.25) is 0 Å². The number of anilines is 2. The van der Waals surface area contributed by atoms with E-state index in [1.165, 1.54) is 18.3 Å². The van der Waals surface area contributed by atoms with Gasteiger partial charge in [0.2, 0.25) is 5.88 Å². The number of carbonyl (C=O) groups excluding carboxylic acids is 2. The van der Waals surface area contributed by atoms with E-state index in [9.17, 15) is 14.0 Å². The standard InChI is InChI=1S/C23H21FN6O3/c1-13-10-14(2)26-21-20(13)23(29-30(21)3)33-12-19(31)27-18-11-15(24)7-8-16(18)28-22(32)17-6-4-5-9-25-17/h4-11H,12H2,1-3H3,(H,27,31)(H,28,32). The van der Waals surface area contributed by atoms with Crippen LogP contribution < -0.4 is 15.4 Å². The average molecular weight is 448 g/mol. The zero-order valence-corrected chi connectivity index (χ0v) is 18.2. The Hall–Kier alpha value is -4.34. The Labute approximate surface area is 188 Å². The molecule has 3 aromatic heterocycles. The van der Waals surface area contributed by atoms with Crippen molar-refractivity contribution in [1.82, 2.24) is 19.7 Å². The second-order valence-corrected chi connectivity index (χ2v) is 7.40. The van der Waals surface area contributed by atoms with Crippen molar-refractivity contribution in [3.8, 4) is 5.88 Å². The summed E-state index contributed by atoms with van der Waals surface area (Å²) in [6, 6.07) is 10.4. The summed E-state index contributed by atoms with van der Waals surface area (Å²) in [6.07, 6.45) is 1.49. The second-order valence-electron chi connectivity index (χ2n) is 7.40. The molecule has 0 fully saturated rings. The number of carbonyl (C=O) groups is 2. The van der Waals surface area contributed by atoms with Gasteiger partial charge in [0.25, 0.3) is 11.8 Å². The highest BCUT2D eigenvalue weighted by Gasteiger charge is 2.17. The van der Waals surface area contributed by atoms with Gasteiger partial charge < -0.3 is 15.4 Å². The number of benzene rings is 1. The molecule has 4 aromatic rings. The molecule has 0 unspecified atom stereocenters. The minimum atomic E-state index is -0.574. The Kier molecular flexibility index (Phi) is 5.99. The van der Waals surface area contributed by atoms with Crippen LogP contribution in [0.4, 0.5) is 15.8 Å². The van der Waals surface area contributed by atoms with E-state index in [0.717, 1.165) is 17.3 Å². The van der Waals surface area contributed by atoms with Gasteiger partial charge in [0, 0.05) is 18.9 Å². The van der Waals surface area contributed by atoms with Crippen molar-refractivity contribution in [2.75, 3.05) is 17.2 Å². The molecule has 1 aromatic carbocycles. The Morgan fingerprint density at radius 2 is 1.91 bits per heavy atom. The molecule has 10 heteroatoms. The van der Waals surface area contributed by atoms with Crippen molar-refractivity contribution in [2.45, 2.75) is 13.8 Å². The SMILES string of the molecule is Cc1cc(C)c2c(OCC(=O)Nc3cc(F)ccc3NC(=O)c3ccccn3)nn(C)c2n1. The molecule has 33 heavy (non-hydrogen) atoms. The predicted molar refractivity (Wildman–Crippen MR) is 121 cm³/mol. The first-order valence-corrected chi connectivity index (χ1v) is 10.1. The number of aryl methyl sites for hydroxylation is 3. The zero-order chi connectivity index (χ0) is 23.5. The number of hydrogen-bond acceptors (Lipinski definition) is 6. The highest BCUT2D eigenvalue weighted by Crippen LogP contribution is 2.27. The van der Waals surface area contributed by atoms with Gasteiger partial charge in [0.15, 0.2) is 12.3 Å². The molecular weight excluding hydrogens is 427 g/mol. The minimum Gasteiger partial charge on any atom is -0.466 e. The van der Waals surface area contributed by atoms with E-state index in [0.29, 0.717) is 11.0 Å². The van der Waals surface area contributed by atoms with E-state index in [1.807, 2.05) is 19.9 Å². The fraction of sp³-hybridized carbons (Fsp3) is 0.174. The van der Waals surface area contributed by atoms with Gasteiger partial charge in [-0.3, -0.25) is 14.6 Å². The van der Waals surface area contributed by atoms with Crippen molar-refractivity contribution in [2.24, 2.45) is 7.05 Å². The Bertz CT molecular complexity index is 1350. The third kappa shape index (κ3) is 4.79. The molecule has 2 amide bonds. The Morgan fingerprint density at radius 3 is 2.67 bits per heavy atom. The van der Waals surface area contributed by atoms with Gasteiger partial charge in [-0.2, -0.15) is 0 Å². The van der Waals surface area contributed by atoms with Crippen LogP contribution in [-0.2, 0) is 11.8 Å². The summed E-state index contributed by atoms with van der Waals surface area (Å²) in [4.78, 5) is 33.4. The van der Waals surface area contributed by atoms with E-state index in [2.05, 4.69) is 25.7 Å². The summed E-state index contributed by atoms with van der Waals surface area (Å²) in [7, 11) is 1.74. The van der Waals surface area contributed by atoms with Crippen molar-refractivity contribution in [3.05, 3.63) is 71.4 Å². The lowest BCUT2D eigenvalue weighted by Gasteiger charge is -2.12. The number of hydrogen-bond donors (Lipinski definition) is 2. The van der Waals surface area contributed by atoms with Crippen molar-refractivity contribution in [1.29, 1.82) is 0 Å². The summed E-state index contributed by atoms with van der Waals surface area (Å²) in [5.74, 6) is -1.34. The predicted octanol–water partition coefficient (Wildman–Crippen LogP) is 3.39. The van der Waals surface area contributed by atoms with Crippen LogP contribution in [0.15, 0.2) is 48.7 Å². The molecule has 0 radical (unpaired) electrons. The topological polar surface area (TPSA) is 111 Å². The maximum absolute atomic E-state index is 13.8. The number of pyridine rings is 2. The monoisotopic (exact) mass is 448 g/mol. The quantitative estimate of drug-likeness (QED) is 0.468. The zero-order valence-electron chi connectivity index (χ0n) is 18.2. The lowest BCUT2D eigenvalue weighted by atomic mass is 10.2. The minimum absolute atomic E-state index is 0.0900. The van der Waals surface area contributed by atoms with Gasteiger partial charge in [0.05, 0.1) is 16.8 Å². The van der Waals surface area contributed by atoms with Crippen LogP contribution in [-0.4, -0.2) is 38.2 Å². The average Bonchev–Trinajstić information content (AvgIpc) is 3.10. The Morgan fingerprint density at radius 1 is 1.09 bits per heavy atom. The van der Waals surface area contributed by atoms with Gasteiger partial charge >= 0.3 is 0 Å². The van der Waals surface area contributed by atoms with Crippen LogP contribution >= 0.6 is 0 Å². The van der Waals surface area contributed by atoms with Gasteiger partial charge in [-0.15, -0.1) is 5.10 Å². The van der Waals surface area contributed by atoms with Gasteiger partial charge in [-0.05, 0) is 55.8 Å². The van der Waals surface area contributed by atoms with Crippen molar-refractivity contribution in [3.63, 3.8) is 0 Å². The summed E-state index contributed by atoms with van der Waals surface area (Å²) in [5, 5.41) is 10.2. The highest BCUT2D eigenvalue weighted by atomic mass is 19.1. The third-order valence-electron chi connectivity index (χ3n) is 4.83. The molecule has 0 aliphatic heterocycles. The molecule has 0 spiro atoms. The number of aromatic nitrogens is 4. The summed E-state index contributed by atoms with van der Waals surface area (Å²) in [6.45, 7) is 3.43. The molecule has 2 N–H and O–H groups in total. The molecule has 0 aliphatic rings. The summed E-state index contributed by atoms with van der Waals surface area (Å²) in [5.41, 5.74) is 2.91. The van der Waals surface area contributed by atoms with E-state index in [1.54, 1.807) is 29.9 Å². The number of nitrogens with zero attached hydrogens (tertiary/aromatic N) is 4. The highest BCUT2D eigenvalue weighted by molar-refractivity contribution is 6.06. The van der Waals surface area contributed by atoms with E-state index in [-0.39, 0.29) is 29.6 Å². The molecule has 4 rings (SSSR count). The molecule has 168 valence electrons. The Balaban J connectivity index is 1.49. The van der Waals surface area contributed by atoms with Crippen LogP contribution in [0.25, 0.3) is 11.0 Å². The number of nitrogens with one attached hydrogen (secondary N) is 2. The molecule has 0 bridgehead atoms. The smallest absolute Gasteiger partial charge is 0.274 e. The lowest BCUT2D eigenvalue weighted by molar-refractivity contribution is -0.118. The van der Waals surface area contributed by atoms with E-state index >= 15 is 0 Å². The summed E-state index contributed by atoms with van der Waals surface area (Å²) < 4.78 is 21.1.